The zero-order valence-corrected chi connectivity index (χ0v) is 28.9. The molecule has 0 bridgehead atoms. The summed E-state index contributed by atoms with van der Waals surface area (Å²) < 4.78 is 2.23. The van der Waals surface area contributed by atoms with E-state index >= 15 is 0 Å². The maximum atomic E-state index is 3.87. The van der Waals surface area contributed by atoms with Gasteiger partial charge in [-0.15, -0.1) is 0 Å². The number of hydrogen-bond donors (Lipinski definition) is 0. The van der Waals surface area contributed by atoms with E-state index in [2.05, 4.69) is 190 Å². The number of rotatable bonds is 2. The second-order valence-corrected chi connectivity index (χ2v) is 14.4. The first-order valence-electron chi connectivity index (χ1n) is 16.2. The molecule has 48 heavy (non-hydrogen) atoms. The summed E-state index contributed by atoms with van der Waals surface area (Å²) in [6.07, 6.45) is 0. The quantitative estimate of drug-likeness (QED) is 0.155. The van der Waals surface area contributed by atoms with Crippen LogP contribution in [0.15, 0.2) is 167 Å². The average Bonchev–Trinajstić information content (AvgIpc) is 3.14. The van der Waals surface area contributed by atoms with Crippen molar-refractivity contribution in [1.82, 2.24) is 0 Å². The van der Waals surface area contributed by atoms with E-state index in [4.69, 9.17) is 0 Å². The van der Waals surface area contributed by atoms with Crippen LogP contribution in [0.3, 0.4) is 0 Å². The van der Waals surface area contributed by atoms with E-state index in [9.17, 15) is 0 Å². The molecule has 0 aliphatic rings. The van der Waals surface area contributed by atoms with Gasteiger partial charge < -0.3 is 0 Å². The van der Waals surface area contributed by atoms with Gasteiger partial charge in [0.2, 0.25) is 0 Å². The van der Waals surface area contributed by atoms with Crippen molar-refractivity contribution in [2.24, 2.45) is 0 Å². The molecule has 0 spiro atoms. The third-order valence-corrected chi connectivity index (χ3v) is 11.5. The van der Waals surface area contributed by atoms with Gasteiger partial charge in [-0.3, -0.25) is 0 Å². The summed E-state index contributed by atoms with van der Waals surface area (Å²) in [5, 5.41) is 17.8. The fourth-order valence-corrected chi connectivity index (χ4v) is 9.27. The monoisotopic (exact) mass is 736 g/mol. The summed E-state index contributed by atoms with van der Waals surface area (Å²) in [4.78, 5) is 0. The lowest BCUT2D eigenvalue weighted by atomic mass is 9.85. The van der Waals surface area contributed by atoms with Gasteiger partial charge >= 0.3 is 0 Å². The molecule has 0 fully saturated rings. The predicted molar refractivity (Wildman–Crippen MR) is 215 cm³/mol. The topological polar surface area (TPSA) is 0 Å². The van der Waals surface area contributed by atoms with Gasteiger partial charge in [-0.1, -0.05) is 165 Å². The summed E-state index contributed by atoms with van der Waals surface area (Å²) in [6.45, 7) is 0. The van der Waals surface area contributed by atoms with Gasteiger partial charge in [0.15, 0.2) is 0 Å². The summed E-state index contributed by atoms with van der Waals surface area (Å²) in [7, 11) is 0. The Morgan fingerprint density at radius 1 is 0.271 bits per heavy atom. The number of halogens is 2. The molecule has 0 N–H and O–H groups in total. The standard InChI is InChI=1S/C46H26Br2/c47-41-19-7-11-27-9-5-17-31(43(27)41)29-21-23-35-33-13-1-3-15-37(33)45-40-26-30(32-18-6-10-28-12-8-20-42(48)44(28)32)22-24-36(40)34-14-2-4-16-38(34)46(45)39(35)25-29/h1-26H. The van der Waals surface area contributed by atoms with Gasteiger partial charge in [0, 0.05) is 19.7 Å². The molecule has 0 aliphatic carbocycles. The predicted octanol–water partition coefficient (Wildman–Crippen LogP) is 14.6. The lowest BCUT2D eigenvalue weighted by molar-refractivity contribution is 1.67. The summed E-state index contributed by atoms with van der Waals surface area (Å²) in [6, 6.07) is 58.2. The molecule has 0 atom stereocenters. The van der Waals surface area contributed by atoms with Crippen LogP contribution >= 0.6 is 31.9 Å². The van der Waals surface area contributed by atoms with Crippen LogP contribution in [-0.4, -0.2) is 0 Å². The van der Waals surface area contributed by atoms with Gasteiger partial charge in [0.05, 0.1) is 0 Å². The van der Waals surface area contributed by atoms with E-state index < -0.39 is 0 Å². The van der Waals surface area contributed by atoms with Gasteiger partial charge in [-0.05, 0) is 111 Å². The molecule has 0 aromatic heterocycles. The Labute approximate surface area is 294 Å². The summed E-state index contributed by atoms with van der Waals surface area (Å²) in [5.41, 5.74) is 4.90. The van der Waals surface area contributed by atoms with Crippen molar-refractivity contribution in [3.8, 4) is 22.3 Å². The van der Waals surface area contributed by atoms with Crippen LogP contribution < -0.4 is 0 Å². The third kappa shape index (κ3) is 4.06. The Morgan fingerprint density at radius 3 is 1.08 bits per heavy atom. The molecule has 0 heterocycles. The molecule has 0 radical (unpaired) electrons. The van der Waals surface area contributed by atoms with Crippen molar-refractivity contribution in [2.75, 3.05) is 0 Å². The normalized spacial score (nSPS) is 12.0. The van der Waals surface area contributed by atoms with Gasteiger partial charge in [-0.25, -0.2) is 0 Å². The SMILES string of the molecule is Brc1cccc2cccc(-c3ccc4c5ccccc5c5c6cc(-c7cccc8cccc(Br)c78)ccc6c6ccccc6c5c4c3)c12. The van der Waals surface area contributed by atoms with Crippen molar-refractivity contribution in [3.05, 3.63) is 167 Å². The van der Waals surface area contributed by atoms with Crippen molar-refractivity contribution < 1.29 is 0 Å². The van der Waals surface area contributed by atoms with Crippen molar-refractivity contribution in [2.45, 2.75) is 0 Å². The van der Waals surface area contributed by atoms with E-state index in [1.807, 2.05) is 0 Å². The van der Waals surface area contributed by atoms with Crippen LogP contribution in [0.4, 0.5) is 0 Å². The van der Waals surface area contributed by atoms with E-state index in [1.165, 1.54) is 97.7 Å². The number of benzene rings is 10. The Morgan fingerprint density at radius 2 is 0.646 bits per heavy atom. The highest BCUT2D eigenvalue weighted by molar-refractivity contribution is 9.11. The zero-order valence-electron chi connectivity index (χ0n) is 25.8. The number of fused-ring (bicyclic) bond motifs is 13. The Hall–Kier alpha value is -5.02. The third-order valence-electron chi connectivity index (χ3n) is 10.1. The fraction of sp³-hybridized carbons (Fsp3) is 0. The van der Waals surface area contributed by atoms with Gasteiger partial charge in [-0.2, -0.15) is 0 Å². The Balaban J connectivity index is 1.39. The smallest absolute Gasteiger partial charge is 0.0259 e. The second-order valence-electron chi connectivity index (χ2n) is 12.6. The van der Waals surface area contributed by atoms with Gasteiger partial charge in [0.25, 0.3) is 0 Å². The first-order chi connectivity index (χ1) is 23.7. The van der Waals surface area contributed by atoms with E-state index in [-0.39, 0.29) is 0 Å². The van der Waals surface area contributed by atoms with Crippen molar-refractivity contribution in [3.63, 3.8) is 0 Å². The van der Waals surface area contributed by atoms with Crippen LogP contribution in [0.1, 0.15) is 0 Å². The van der Waals surface area contributed by atoms with Crippen molar-refractivity contribution >= 4 is 107 Å². The van der Waals surface area contributed by atoms with E-state index in [0.717, 1.165) is 8.95 Å². The highest BCUT2D eigenvalue weighted by Crippen LogP contribution is 2.46. The fourth-order valence-electron chi connectivity index (χ4n) is 8.08. The van der Waals surface area contributed by atoms with Crippen LogP contribution in [0.2, 0.25) is 0 Å². The van der Waals surface area contributed by atoms with Crippen molar-refractivity contribution in [1.29, 1.82) is 0 Å². The molecule has 0 aliphatic heterocycles. The molecule has 10 aromatic rings. The number of hydrogen-bond acceptors (Lipinski definition) is 0. The first-order valence-corrected chi connectivity index (χ1v) is 17.8. The first kappa shape index (κ1) is 28.0. The van der Waals surface area contributed by atoms with Crippen LogP contribution in [0.5, 0.6) is 0 Å². The summed E-state index contributed by atoms with van der Waals surface area (Å²) in [5.74, 6) is 0. The van der Waals surface area contributed by atoms with Gasteiger partial charge in [0.1, 0.15) is 0 Å². The average molecular weight is 739 g/mol. The minimum absolute atomic E-state index is 1.11. The second kappa shape index (κ2) is 10.8. The lowest BCUT2D eigenvalue weighted by Crippen LogP contribution is -1.90. The minimum Gasteiger partial charge on any atom is -0.0616 e. The maximum Gasteiger partial charge on any atom is 0.0259 e. The molecule has 0 nitrogen and oxygen atoms in total. The minimum atomic E-state index is 1.11. The molecule has 10 aromatic carbocycles. The van der Waals surface area contributed by atoms with E-state index in [0.29, 0.717) is 0 Å². The maximum absolute atomic E-state index is 3.87. The summed E-state index contributed by atoms with van der Waals surface area (Å²) >= 11 is 7.74. The Kier molecular flexibility index (Phi) is 6.28. The molecule has 10 rings (SSSR count). The molecule has 2 heteroatoms. The molecule has 0 unspecified atom stereocenters. The highest BCUT2D eigenvalue weighted by Gasteiger charge is 2.18. The lowest BCUT2D eigenvalue weighted by Gasteiger charge is -2.18. The molecule has 0 saturated carbocycles. The van der Waals surface area contributed by atoms with Crippen LogP contribution in [0.25, 0.3) is 97.7 Å². The largest absolute Gasteiger partial charge is 0.0616 e. The molecule has 224 valence electrons. The Bertz CT molecular complexity index is 2760. The van der Waals surface area contributed by atoms with Crippen LogP contribution in [0, 0.1) is 0 Å². The highest BCUT2D eigenvalue weighted by atomic mass is 79.9. The molecular formula is C46H26Br2. The molecule has 0 amide bonds. The van der Waals surface area contributed by atoms with Crippen LogP contribution in [-0.2, 0) is 0 Å². The zero-order chi connectivity index (χ0) is 31.9. The van der Waals surface area contributed by atoms with E-state index in [1.54, 1.807) is 0 Å². The molecule has 0 saturated heterocycles. The molecular weight excluding hydrogens is 712 g/mol.